The number of benzene rings is 2. The van der Waals surface area contributed by atoms with Crippen molar-refractivity contribution in [3.63, 3.8) is 0 Å². The maximum atomic E-state index is 11.5. The molecule has 0 saturated heterocycles. The highest BCUT2D eigenvalue weighted by Gasteiger charge is 2.09. The van der Waals surface area contributed by atoms with Crippen LogP contribution in [-0.4, -0.2) is 12.9 Å². The van der Waals surface area contributed by atoms with Gasteiger partial charge in [-0.15, -0.1) is 0 Å². The first-order chi connectivity index (χ1) is 10.0. The third-order valence-corrected chi connectivity index (χ3v) is 3.47. The fourth-order valence-corrected chi connectivity index (χ4v) is 2.16. The van der Waals surface area contributed by atoms with Gasteiger partial charge in [0.2, 0.25) is 0 Å². The van der Waals surface area contributed by atoms with E-state index in [1.54, 1.807) is 31.4 Å². The highest BCUT2D eigenvalue weighted by atomic mass is 35.5. The van der Waals surface area contributed by atoms with E-state index < -0.39 is 0 Å². The molecule has 0 aliphatic rings. The molecule has 21 heavy (non-hydrogen) atoms. The van der Waals surface area contributed by atoms with Crippen molar-refractivity contribution in [2.75, 3.05) is 7.11 Å². The number of Topliss-reactive ketones (excluding diaryl/α,β-unsaturated/α-hetero) is 1. The lowest BCUT2D eigenvalue weighted by Gasteiger charge is -2.12. The molecule has 3 nitrogen and oxygen atoms in total. The van der Waals surface area contributed by atoms with Crippen LogP contribution >= 0.6 is 11.6 Å². The molecular formula is C17H17ClO3. The van der Waals surface area contributed by atoms with Gasteiger partial charge in [-0.05, 0) is 49.7 Å². The van der Waals surface area contributed by atoms with Crippen LogP contribution in [-0.2, 0) is 6.61 Å². The first-order valence-corrected chi connectivity index (χ1v) is 6.96. The van der Waals surface area contributed by atoms with E-state index in [9.17, 15) is 4.79 Å². The molecule has 0 bridgehead atoms. The molecule has 0 aliphatic heterocycles. The second kappa shape index (κ2) is 6.64. The normalized spacial score (nSPS) is 10.3. The summed E-state index contributed by atoms with van der Waals surface area (Å²) in [6.45, 7) is 3.79. The average Bonchev–Trinajstić information content (AvgIpc) is 2.47. The molecule has 2 aromatic rings. The van der Waals surface area contributed by atoms with E-state index >= 15 is 0 Å². The summed E-state index contributed by atoms with van der Waals surface area (Å²) in [5.74, 6) is 1.31. The third-order valence-electron chi connectivity index (χ3n) is 3.16. The molecule has 0 atom stereocenters. The fraction of sp³-hybridized carbons (Fsp3) is 0.235. The van der Waals surface area contributed by atoms with E-state index in [0.29, 0.717) is 22.1 Å². The van der Waals surface area contributed by atoms with E-state index in [0.717, 1.165) is 11.1 Å². The first kappa shape index (κ1) is 15.4. The number of ketones is 1. The molecule has 0 saturated carbocycles. The Kier molecular flexibility index (Phi) is 4.86. The summed E-state index contributed by atoms with van der Waals surface area (Å²) in [6, 6.07) is 10.9. The third kappa shape index (κ3) is 3.76. The van der Waals surface area contributed by atoms with E-state index in [4.69, 9.17) is 21.1 Å². The van der Waals surface area contributed by atoms with E-state index in [-0.39, 0.29) is 12.4 Å². The predicted molar refractivity (Wildman–Crippen MR) is 83.5 cm³/mol. The van der Waals surface area contributed by atoms with Crippen LogP contribution in [0.1, 0.15) is 28.4 Å². The zero-order valence-corrected chi connectivity index (χ0v) is 13.0. The topological polar surface area (TPSA) is 35.5 Å². The molecule has 0 amide bonds. The molecule has 0 fully saturated rings. The van der Waals surface area contributed by atoms with Crippen LogP contribution in [0.5, 0.6) is 11.5 Å². The van der Waals surface area contributed by atoms with Crippen LogP contribution in [0.15, 0.2) is 36.4 Å². The molecule has 0 N–H and O–H groups in total. The van der Waals surface area contributed by atoms with Gasteiger partial charge in [0, 0.05) is 11.1 Å². The standard InChI is InChI=1S/C17H17ClO3/c1-11-4-6-15(18)17(8-11)21-10-14-9-13(12(2)19)5-7-16(14)20-3/h4-9H,10H2,1-3H3. The van der Waals surface area contributed by atoms with Crippen LogP contribution in [0.2, 0.25) is 5.02 Å². The van der Waals surface area contributed by atoms with Gasteiger partial charge in [0.25, 0.3) is 0 Å². The Balaban J connectivity index is 2.24. The molecule has 0 aromatic heterocycles. The van der Waals surface area contributed by atoms with Gasteiger partial charge in [0.1, 0.15) is 18.1 Å². The van der Waals surface area contributed by atoms with Crippen molar-refractivity contribution in [2.24, 2.45) is 0 Å². The SMILES string of the molecule is COc1ccc(C(C)=O)cc1COc1cc(C)ccc1Cl. The largest absolute Gasteiger partial charge is 0.496 e. The van der Waals surface area contributed by atoms with Crippen LogP contribution in [0, 0.1) is 6.92 Å². The van der Waals surface area contributed by atoms with Crippen LogP contribution in [0.4, 0.5) is 0 Å². The number of hydrogen-bond donors (Lipinski definition) is 0. The molecule has 0 radical (unpaired) electrons. The monoisotopic (exact) mass is 304 g/mol. The number of methoxy groups -OCH3 is 1. The van der Waals surface area contributed by atoms with Gasteiger partial charge in [0.05, 0.1) is 12.1 Å². The summed E-state index contributed by atoms with van der Waals surface area (Å²) in [6.07, 6.45) is 0. The predicted octanol–water partition coefficient (Wildman–Crippen LogP) is 4.44. The number of hydrogen-bond acceptors (Lipinski definition) is 3. The van der Waals surface area contributed by atoms with Crippen molar-refractivity contribution in [1.82, 2.24) is 0 Å². The van der Waals surface area contributed by atoms with Crippen LogP contribution < -0.4 is 9.47 Å². The maximum Gasteiger partial charge on any atom is 0.159 e. The summed E-state index contributed by atoms with van der Waals surface area (Å²) in [7, 11) is 1.59. The van der Waals surface area contributed by atoms with Crippen LogP contribution in [0.25, 0.3) is 0 Å². The van der Waals surface area contributed by atoms with Gasteiger partial charge in [0.15, 0.2) is 5.78 Å². The summed E-state index contributed by atoms with van der Waals surface area (Å²) in [4.78, 5) is 11.5. The Bertz CT molecular complexity index is 665. The number of rotatable bonds is 5. The van der Waals surface area contributed by atoms with Crippen LogP contribution in [0.3, 0.4) is 0 Å². The molecule has 0 aliphatic carbocycles. The average molecular weight is 305 g/mol. The van der Waals surface area contributed by atoms with Gasteiger partial charge < -0.3 is 9.47 Å². The lowest BCUT2D eigenvalue weighted by Crippen LogP contribution is -2.02. The highest BCUT2D eigenvalue weighted by Crippen LogP contribution is 2.28. The number of halogens is 1. The minimum Gasteiger partial charge on any atom is -0.496 e. The zero-order valence-electron chi connectivity index (χ0n) is 12.3. The number of aryl methyl sites for hydroxylation is 1. The minimum absolute atomic E-state index is 0.00694. The summed E-state index contributed by atoms with van der Waals surface area (Å²) in [5.41, 5.74) is 2.51. The highest BCUT2D eigenvalue weighted by molar-refractivity contribution is 6.32. The fourth-order valence-electron chi connectivity index (χ4n) is 1.99. The van der Waals surface area contributed by atoms with Gasteiger partial charge in [-0.3, -0.25) is 4.79 Å². The second-order valence-electron chi connectivity index (χ2n) is 4.81. The Morgan fingerprint density at radius 3 is 2.57 bits per heavy atom. The van der Waals surface area contributed by atoms with Gasteiger partial charge >= 0.3 is 0 Å². The summed E-state index contributed by atoms with van der Waals surface area (Å²) in [5, 5.41) is 0.558. The van der Waals surface area contributed by atoms with E-state index in [2.05, 4.69) is 0 Å². The molecule has 0 spiro atoms. The van der Waals surface area contributed by atoms with Crippen molar-refractivity contribution in [2.45, 2.75) is 20.5 Å². The number of carbonyl (C=O) groups excluding carboxylic acids is 1. The number of carbonyl (C=O) groups is 1. The molecule has 0 unspecified atom stereocenters. The van der Waals surface area contributed by atoms with Crippen molar-refractivity contribution >= 4 is 17.4 Å². The Morgan fingerprint density at radius 2 is 1.90 bits per heavy atom. The van der Waals surface area contributed by atoms with E-state index in [1.807, 2.05) is 19.1 Å². The summed E-state index contributed by atoms with van der Waals surface area (Å²) < 4.78 is 11.1. The molecule has 4 heteroatoms. The zero-order chi connectivity index (χ0) is 15.4. The van der Waals surface area contributed by atoms with Crippen molar-refractivity contribution in [3.05, 3.63) is 58.1 Å². The Morgan fingerprint density at radius 1 is 1.14 bits per heavy atom. The smallest absolute Gasteiger partial charge is 0.159 e. The van der Waals surface area contributed by atoms with Gasteiger partial charge in [-0.25, -0.2) is 0 Å². The van der Waals surface area contributed by atoms with Crippen molar-refractivity contribution < 1.29 is 14.3 Å². The molecule has 110 valence electrons. The lowest BCUT2D eigenvalue weighted by atomic mass is 10.1. The Labute approximate surface area is 129 Å². The van der Waals surface area contributed by atoms with Crippen molar-refractivity contribution in [3.8, 4) is 11.5 Å². The first-order valence-electron chi connectivity index (χ1n) is 6.58. The quantitative estimate of drug-likeness (QED) is 0.766. The summed E-state index contributed by atoms with van der Waals surface area (Å²) >= 11 is 6.11. The van der Waals surface area contributed by atoms with Crippen molar-refractivity contribution in [1.29, 1.82) is 0 Å². The molecule has 2 aromatic carbocycles. The molecule has 2 rings (SSSR count). The Hall–Kier alpha value is -2.00. The number of ether oxygens (including phenoxy) is 2. The molecule has 0 heterocycles. The second-order valence-corrected chi connectivity index (χ2v) is 5.21. The maximum absolute atomic E-state index is 11.5. The van der Waals surface area contributed by atoms with Gasteiger partial charge in [-0.1, -0.05) is 17.7 Å². The molecular weight excluding hydrogens is 288 g/mol. The van der Waals surface area contributed by atoms with Gasteiger partial charge in [-0.2, -0.15) is 0 Å². The minimum atomic E-state index is 0.00694. The van der Waals surface area contributed by atoms with E-state index in [1.165, 1.54) is 6.92 Å². The lowest BCUT2D eigenvalue weighted by molar-refractivity contribution is 0.101.